The van der Waals surface area contributed by atoms with Crippen LogP contribution in [0.25, 0.3) is 0 Å². The molecule has 0 heterocycles. The smallest absolute Gasteiger partial charge is 0.211 e. The van der Waals surface area contributed by atoms with Crippen molar-refractivity contribution in [1.29, 1.82) is 0 Å². The topological polar surface area (TPSA) is 58.2 Å². The van der Waals surface area contributed by atoms with Crippen molar-refractivity contribution in [1.82, 2.24) is 10.0 Å². The van der Waals surface area contributed by atoms with Crippen LogP contribution in [0.1, 0.15) is 33.6 Å². The average Bonchev–Trinajstić information content (AvgIpc) is 2.13. The molecule has 2 unspecified atom stereocenters. The number of rotatable bonds is 8. The van der Waals surface area contributed by atoms with Gasteiger partial charge in [-0.1, -0.05) is 20.3 Å². The highest BCUT2D eigenvalue weighted by Gasteiger charge is 2.15. The van der Waals surface area contributed by atoms with Crippen LogP contribution in [-0.4, -0.2) is 33.8 Å². The van der Waals surface area contributed by atoms with Gasteiger partial charge in [0.15, 0.2) is 0 Å². The van der Waals surface area contributed by atoms with E-state index in [1.54, 1.807) is 0 Å². The van der Waals surface area contributed by atoms with Crippen molar-refractivity contribution >= 4 is 22.4 Å². The van der Waals surface area contributed by atoms with Gasteiger partial charge in [0.05, 0.1) is 5.75 Å². The largest absolute Gasteiger partial charge is 0.316 e. The third-order valence-corrected chi connectivity index (χ3v) is 4.00. The van der Waals surface area contributed by atoms with Crippen LogP contribution in [0.4, 0.5) is 0 Å². The number of sulfonamides is 1. The van der Waals surface area contributed by atoms with Crippen LogP contribution in [0.3, 0.4) is 0 Å². The molecule has 0 aliphatic rings. The van der Waals surface area contributed by atoms with Crippen LogP contribution in [0.5, 0.6) is 0 Å². The molecule has 0 amide bonds. The fourth-order valence-electron chi connectivity index (χ4n) is 1.36. The van der Waals surface area contributed by atoms with Crippen molar-refractivity contribution in [2.24, 2.45) is 5.92 Å². The van der Waals surface area contributed by atoms with Crippen LogP contribution in [-0.2, 0) is 10.0 Å². The van der Waals surface area contributed by atoms with Gasteiger partial charge in [-0.3, -0.25) is 0 Å². The van der Waals surface area contributed by atoms with Gasteiger partial charge in [0.1, 0.15) is 0 Å². The molecule has 0 saturated carbocycles. The van der Waals surface area contributed by atoms with Crippen molar-refractivity contribution in [3.8, 4) is 0 Å². The number of halogens is 1. The molecule has 0 saturated heterocycles. The van der Waals surface area contributed by atoms with Crippen LogP contribution in [0.2, 0.25) is 0 Å². The van der Waals surface area contributed by atoms with E-state index in [1.807, 2.05) is 20.9 Å². The maximum absolute atomic E-state index is 11.6. The van der Waals surface area contributed by atoms with E-state index in [9.17, 15) is 8.42 Å². The van der Waals surface area contributed by atoms with Gasteiger partial charge in [-0.05, 0) is 26.3 Å². The molecular weight excluding hydrogens is 248 g/mol. The highest BCUT2D eigenvalue weighted by Crippen LogP contribution is 2.07. The lowest BCUT2D eigenvalue weighted by molar-refractivity contribution is 0.525. The van der Waals surface area contributed by atoms with E-state index >= 15 is 0 Å². The van der Waals surface area contributed by atoms with E-state index in [4.69, 9.17) is 0 Å². The Morgan fingerprint density at radius 1 is 1.25 bits per heavy atom. The van der Waals surface area contributed by atoms with Gasteiger partial charge >= 0.3 is 0 Å². The molecule has 0 aromatic rings. The lowest BCUT2D eigenvalue weighted by atomic mass is 10.1. The first-order chi connectivity index (χ1) is 6.91. The maximum Gasteiger partial charge on any atom is 0.211 e. The highest BCUT2D eigenvalue weighted by molar-refractivity contribution is 7.89. The molecule has 0 aromatic heterocycles. The summed E-state index contributed by atoms with van der Waals surface area (Å²) in [6.07, 6.45) is 1.99. The third kappa shape index (κ3) is 9.39. The van der Waals surface area contributed by atoms with Gasteiger partial charge in [0.2, 0.25) is 10.0 Å². The Kier molecular flexibility index (Phi) is 10.7. The van der Waals surface area contributed by atoms with Crippen molar-refractivity contribution in [3.05, 3.63) is 0 Å². The fraction of sp³-hybridized carbons (Fsp3) is 1.00. The molecule has 0 aliphatic carbocycles. The lowest BCUT2D eigenvalue weighted by Gasteiger charge is -2.14. The second-order valence-corrected chi connectivity index (χ2v) is 6.06. The first-order valence-electron chi connectivity index (χ1n) is 5.55. The molecule has 16 heavy (non-hydrogen) atoms. The Balaban J connectivity index is 0. The monoisotopic (exact) mass is 272 g/mol. The molecule has 4 nitrogen and oxygen atoms in total. The zero-order valence-electron chi connectivity index (χ0n) is 10.6. The molecule has 100 valence electrons. The maximum atomic E-state index is 11.6. The van der Waals surface area contributed by atoms with E-state index in [0.29, 0.717) is 6.54 Å². The summed E-state index contributed by atoms with van der Waals surface area (Å²) in [5.74, 6) is 0.467. The summed E-state index contributed by atoms with van der Waals surface area (Å²) in [6.45, 7) is 6.44. The van der Waals surface area contributed by atoms with Gasteiger partial charge < -0.3 is 5.32 Å². The number of likely N-dealkylation sites (N-methyl/N-ethyl adjacent to an activating group) is 1. The quantitative estimate of drug-likeness (QED) is 0.702. The standard InChI is InChI=1S/C10H24N2O2S.ClH/c1-5-6-9(2)8-15(13,14)12-7-10(3)11-4;/h9-12H,5-8H2,1-4H3;1H. The SMILES string of the molecule is CCCC(C)CS(=O)(=O)NCC(C)NC.Cl. The summed E-state index contributed by atoms with van der Waals surface area (Å²) < 4.78 is 25.8. The second kappa shape index (κ2) is 9.22. The zero-order valence-corrected chi connectivity index (χ0v) is 12.2. The van der Waals surface area contributed by atoms with E-state index in [1.165, 1.54) is 0 Å². The summed E-state index contributed by atoms with van der Waals surface area (Å²) >= 11 is 0. The van der Waals surface area contributed by atoms with Gasteiger partial charge in [-0.25, -0.2) is 13.1 Å². The molecule has 0 radical (unpaired) electrons. The lowest BCUT2D eigenvalue weighted by Crippen LogP contribution is -2.39. The second-order valence-electron chi connectivity index (χ2n) is 4.21. The average molecular weight is 273 g/mol. The van der Waals surface area contributed by atoms with Crippen LogP contribution in [0, 0.1) is 5.92 Å². The predicted octanol–water partition coefficient (Wildman–Crippen LogP) is 1.37. The summed E-state index contributed by atoms with van der Waals surface area (Å²) in [7, 11) is -1.28. The Morgan fingerprint density at radius 2 is 1.81 bits per heavy atom. The normalized spacial score (nSPS) is 15.2. The number of nitrogens with one attached hydrogen (secondary N) is 2. The molecule has 2 atom stereocenters. The molecule has 0 aromatic carbocycles. The summed E-state index contributed by atoms with van der Waals surface area (Å²) in [4.78, 5) is 0. The minimum atomic E-state index is -3.10. The molecule has 0 spiro atoms. The Labute approximate surface area is 106 Å². The zero-order chi connectivity index (χ0) is 11.9. The molecule has 0 rings (SSSR count). The highest BCUT2D eigenvalue weighted by atomic mass is 35.5. The summed E-state index contributed by atoms with van der Waals surface area (Å²) in [6, 6.07) is 0.168. The van der Waals surface area contributed by atoms with E-state index in [0.717, 1.165) is 12.8 Å². The minimum Gasteiger partial charge on any atom is -0.316 e. The van der Waals surface area contributed by atoms with Crippen molar-refractivity contribution in [3.63, 3.8) is 0 Å². The predicted molar refractivity (Wildman–Crippen MR) is 71.6 cm³/mol. The molecule has 2 N–H and O–H groups in total. The third-order valence-electron chi connectivity index (χ3n) is 2.39. The van der Waals surface area contributed by atoms with Crippen LogP contribution in [0.15, 0.2) is 0 Å². The summed E-state index contributed by atoms with van der Waals surface area (Å²) in [5.41, 5.74) is 0. The van der Waals surface area contributed by atoms with Crippen molar-refractivity contribution in [2.75, 3.05) is 19.3 Å². The van der Waals surface area contributed by atoms with E-state index in [2.05, 4.69) is 17.0 Å². The van der Waals surface area contributed by atoms with Gasteiger partial charge in [-0.15, -0.1) is 12.4 Å². The Hall–Kier alpha value is 0.160. The molecule has 0 aliphatic heterocycles. The van der Waals surface area contributed by atoms with Crippen LogP contribution >= 0.6 is 12.4 Å². The minimum absolute atomic E-state index is 0. The Bertz CT molecular complexity index is 258. The fourth-order valence-corrected chi connectivity index (χ4v) is 2.90. The van der Waals surface area contributed by atoms with Crippen molar-refractivity contribution < 1.29 is 8.42 Å². The van der Waals surface area contributed by atoms with Gasteiger partial charge in [-0.2, -0.15) is 0 Å². The first kappa shape index (κ1) is 18.5. The van der Waals surface area contributed by atoms with Crippen molar-refractivity contribution in [2.45, 2.75) is 39.7 Å². The number of hydrogen-bond acceptors (Lipinski definition) is 3. The number of hydrogen-bond donors (Lipinski definition) is 2. The van der Waals surface area contributed by atoms with E-state index in [-0.39, 0.29) is 30.1 Å². The molecule has 6 heteroatoms. The molecule has 0 bridgehead atoms. The van der Waals surface area contributed by atoms with Gasteiger partial charge in [0.25, 0.3) is 0 Å². The van der Waals surface area contributed by atoms with E-state index < -0.39 is 10.0 Å². The molecule has 0 fully saturated rings. The first-order valence-corrected chi connectivity index (χ1v) is 7.21. The van der Waals surface area contributed by atoms with Crippen LogP contribution < -0.4 is 10.0 Å². The molecular formula is C10H25ClN2O2S. The van der Waals surface area contributed by atoms with Gasteiger partial charge in [0, 0.05) is 12.6 Å². The Morgan fingerprint density at radius 3 is 2.25 bits per heavy atom. The summed E-state index contributed by atoms with van der Waals surface area (Å²) in [5, 5.41) is 2.99.